The molecule has 0 aliphatic carbocycles. The van der Waals surface area contributed by atoms with E-state index in [0.717, 1.165) is 12.2 Å². The Labute approximate surface area is 192 Å². The van der Waals surface area contributed by atoms with Gasteiger partial charge in [-0.3, -0.25) is 4.79 Å². The zero-order chi connectivity index (χ0) is 23.1. The van der Waals surface area contributed by atoms with E-state index in [4.69, 9.17) is 9.47 Å². The molecule has 1 atom stereocenters. The van der Waals surface area contributed by atoms with Crippen molar-refractivity contribution in [2.45, 2.75) is 50.8 Å². The quantitative estimate of drug-likeness (QED) is 0.307. The molecule has 32 heavy (non-hydrogen) atoms. The van der Waals surface area contributed by atoms with Gasteiger partial charge in [0.25, 0.3) is 0 Å². The highest BCUT2D eigenvalue weighted by Gasteiger charge is 2.27. The van der Waals surface area contributed by atoms with Gasteiger partial charge in [0.1, 0.15) is 23.4 Å². The van der Waals surface area contributed by atoms with Crippen molar-refractivity contribution >= 4 is 17.7 Å². The molecule has 0 radical (unpaired) electrons. The van der Waals surface area contributed by atoms with Crippen molar-refractivity contribution in [1.29, 1.82) is 0 Å². The fourth-order valence-electron chi connectivity index (χ4n) is 3.13. The molecular weight excluding hydrogens is 429 g/mol. The fraction of sp³-hybridized carbons (Fsp3) is 0.375. The van der Waals surface area contributed by atoms with Crippen LogP contribution in [0.1, 0.15) is 43.0 Å². The molecule has 1 heterocycles. The number of rotatable bonds is 10. The van der Waals surface area contributed by atoms with Gasteiger partial charge in [-0.15, -0.1) is 10.2 Å². The molecule has 1 aromatic heterocycles. The molecule has 6 nitrogen and oxygen atoms in total. The number of hydrogen-bond acceptors (Lipinski definition) is 6. The number of aromatic nitrogens is 3. The van der Waals surface area contributed by atoms with Crippen molar-refractivity contribution in [2.75, 3.05) is 7.11 Å². The summed E-state index contributed by atoms with van der Waals surface area (Å²) in [5.74, 6) is 0.958. The minimum absolute atomic E-state index is 0.255. The third kappa shape index (κ3) is 6.09. The topological polar surface area (TPSA) is 66.2 Å². The Balaban J connectivity index is 1.83. The van der Waals surface area contributed by atoms with Crippen molar-refractivity contribution in [3.05, 3.63) is 71.3 Å². The molecule has 0 fully saturated rings. The summed E-state index contributed by atoms with van der Waals surface area (Å²) in [5.41, 5.74) is 1.88. The van der Waals surface area contributed by atoms with Crippen LogP contribution in [0.15, 0.2) is 53.7 Å². The number of esters is 1. The average molecular weight is 458 g/mol. The van der Waals surface area contributed by atoms with Crippen LogP contribution in [-0.2, 0) is 29.1 Å². The second-order valence-electron chi connectivity index (χ2n) is 7.76. The van der Waals surface area contributed by atoms with E-state index in [-0.39, 0.29) is 12.4 Å². The normalized spacial score (nSPS) is 12.1. The summed E-state index contributed by atoms with van der Waals surface area (Å²) in [4.78, 5) is 12.5. The van der Waals surface area contributed by atoms with Gasteiger partial charge in [-0.2, -0.15) is 0 Å². The number of aryl methyl sites for hydroxylation is 1. The molecule has 2 aromatic carbocycles. The van der Waals surface area contributed by atoms with Crippen molar-refractivity contribution in [3.8, 4) is 5.75 Å². The Morgan fingerprint density at radius 3 is 2.38 bits per heavy atom. The Hall–Kier alpha value is -2.87. The number of thioether (sulfide) groups is 1. The Morgan fingerprint density at radius 2 is 1.78 bits per heavy atom. The lowest BCUT2D eigenvalue weighted by molar-refractivity contribution is -0.140. The molecule has 170 valence electrons. The predicted octanol–water partition coefficient (Wildman–Crippen LogP) is 5.22. The second kappa shape index (κ2) is 11.1. The molecule has 3 aromatic rings. The van der Waals surface area contributed by atoms with Crippen LogP contribution in [0.5, 0.6) is 5.75 Å². The maximum Gasteiger partial charge on any atom is 0.323 e. The largest absolute Gasteiger partial charge is 0.486 e. The summed E-state index contributed by atoms with van der Waals surface area (Å²) in [5, 5.41) is 8.53. The van der Waals surface area contributed by atoms with E-state index in [2.05, 4.69) is 31.0 Å². The third-order valence-corrected chi connectivity index (χ3v) is 6.07. The summed E-state index contributed by atoms with van der Waals surface area (Å²) in [7, 11) is 1.33. The molecule has 3 rings (SSSR count). The minimum atomic E-state index is -0.689. The van der Waals surface area contributed by atoms with Crippen molar-refractivity contribution in [3.63, 3.8) is 0 Å². The molecule has 0 saturated heterocycles. The van der Waals surface area contributed by atoms with Crippen LogP contribution < -0.4 is 4.74 Å². The first-order valence-corrected chi connectivity index (χ1v) is 11.4. The van der Waals surface area contributed by atoms with Gasteiger partial charge in [-0.05, 0) is 47.7 Å². The second-order valence-corrected chi connectivity index (χ2v) is 8.83. The van der Waals surface area contributed by atoms with Crippen LogP contribution in [-0.4, -0.2) is 27.8 Å². The lowest BCUT2D eigenvalue weighted by Crippen LogP contribution is -2.15. The number of carbonyl (C=O) groups is 1. The molecule has 0 unspecified atom stereocenters. The highest BCUT2D eigenvalue weighted by molar-refractivity contribution is 8.00. The molecule has 0 aliphatic rings. The molecule has 0 amide bonds. The zero-order valence-corrected chi connectivity index (χ0v) is 19.6. The van der Waals surface area contributed by atoms with Crippen LogP contribution in [0.3, 0.4) is 0 Å². The van der Waals surface area contributed by atoms with E-state index >= 15 is 0 Å². The highest BCUT2D eigenvalue weighted by Crippen LogP contribution is 2.36. The van der Waals surface area contributed by atoms with Gasteiger partial charge in [-0.25, -0.2) is 4.39 Å². The van der Waals surface area contributed by atoms with E-state index in [0.29, 0.717) is 29.0 Å². The van der Waals surface area contributed by atoms with Crippen LogP contribution in [0.25, 0.3) is 0 Å². The van der Waals surface area contributed by atoms with Crippen molar-refractivity contribution < 1.29 is 18.7 Å². The Morgan fingerprint density at radius 1 is 1.09 bits per heavy atom. The number of hydrogen-bond donors (Lipinski definition) is 0. The van der Waals surface area contributed by atoms with E-state index in [1.165, 1.54) is 36.6 Å². The van der Waals surface area contributed by atoms with E-state index in [9.17, 15) is 9.18 Å². The molecule has 0 bridgehead atoms. The van der Waals surface area contributed by atoms with E-state index < -0.39 is 11.2 Å². The first kappa shape index (κ1) is 23.8. The van der Waals surface area contributed by atoms with Gasteiger partial charge in [-0.1, -0.05) is 56.8 Å². The average Bonchev–Trinajstić information content (AvgIpc) is 3.17. The molecule has 0 N–H and O–H groups in total. The number of methoxy groups -OCH3 is 1. The van der Waals surface area contributed by atoms with Gasteiger partial charge in [0.2, 0.25) is 0 Å². The summed E-state index contributed by atoms with van der Waals surface area (Å²) >= 11 is 1.23. The summed E-state index contributed by atoms with van der Waals surface area (Å²) < 4.78 is 26.3. The highest BCUT2D eigenvalue weighted by atomic mass is 32.2. The molecule has 0 spiro atoms. The smallest absolute Gasteiger partial charge is 0.323 e. The van der Waals surface area contributed by atoms with Crippen LogP contribution >= 0.6 is 11.8 Å². The summed E-state index contributed by atoms with van der Waals surface area (Å²) in [6.07, 6.45) is 0.971. The number of ether oxygens (including phenoxy) is 2. The first-order valence-electron chi connectivity index (χ1n) is 10.5. The minimum Gasteiger partial charge on any atom is -0.486 e. The number of benzene rings is 2. The molecule has 0 saturated carbocycles. The first-order chi connectivity index (χ1) is 15.4. The van der Waals surface area contributed by atoms with E-state index in [1.807, 2.05) is 28.8 Å². The summed E-state index contributed by atoms with van der Waals surface area (Å²) in [6, 6.07) is 13.8. The van der Waals surface area contributed by atoms with Crippen molar-refractivity contribution in [2.24, 2.45) is 5.92 Å². The van der Waals surface area contributed by atoms with Gasteiger partial charge < -0.3 is 14.0 Å². The third-order valence-electron chi connectivity index (χ3n) is 4.85. The predicted molar refractivity (Wildman–Crippen MR) is 122 cm³/mol. The Bertz CT molecular complexity index is 1020. The Kier molecular flexibility index (Phi) is 8.27. The van der Waals surface area contributed by atoms with Crippen LogP contribution in [0.2, 0.25) is 0 Å². The maximum atomic E-state index is 13.4. The van der Waals surface area contributed by atoms with Crippen LogP contribution in [0.4, 0.5) is 4.39 Å². The monoisotopic (exact) mass is 457 g/mol. The summed E-state index contributed by atoms with van der Waals surface area (Å²) in [6.45, 7) is 7.23. The molecular formula is C24H28FN3O3S. The SMILES string of the molecule is CCc1ccc(OCc2nnc(S[C@@H](C(=O)OC)c3ccc(F)cc3)n2CC(C)C)cc1. The van der Waals surface area contributed by atoms with Gasteiger partial charge in [0.05, 0.1) is 7.11 Å². The molecule has 8 heteroatoms. The number of nitrogens with zero attached hydrogens (tertiary/aromatic N) is 3. The lowest BCUT2D eigenvalue weighted by Gasteiger charge is -2.17. The standard InChI is InChI=1S/C24H28FN3O3S/c1-5-17-6-12-20(13-7-17)31-15-21-26-27-24(28(21)14-16(2)3)32-22(23(29)30-4)18-8-10-19(25)11-9-18/h6-13,16,22H,5,14-15H2,1-4H3/t22-/m1/s1. The fourth-order valence-corrected chi connectivity index (χ4v) is 4.22. The number of halogens is 1. The lowest BCUT2D eigenvalue weighted by atomic mass is 10.1. The van der Waals surface area contributed by atoms with Gasteiger partial charge in [0.15, 0.2) is 11.0 Å². The maximum absolute atomic E-state index is 13.4. The van der Waals surface area contributed by atoms with Crippen LogP contribution in [0, 0.1) is 11.7 Å². The zero-order valence-electron chi connectivity index (χ0n) is 18.7. The van der Waals surface area contributed by atoms with Gasteiger partial charge in [0, 0.05) is 6.54 Å². The molecule has 0 aliphatic heterocycles. The van der Waals surface area contributed by atoms with Gasteiger partial charge >= 0.3 is 5.97 Å². The van der Waals surface area contributed by atoms with E-state index in [1.54, 1.807) is 12.1 Å². The number of carbonyl (C=O) groups excluding carboxylic acids is 1. The van der Waals surface area contributed by atoms with Crippen molar-refractivity contribution in [1.82, 2.24) is 14.8 Å².